The van der Waals surface area contributed by atoms with Crippen LogP contribution in [0.3, 0.4) is 0 Å². The van der Waals surface area contributed by atoms with Crippen molar-refractivity contribution in [3.63, 3.8) is 0 Å². The summed E-state index contributed by atoms with van der Waals surface area (Å²) >= 11 is 0. The summed E-state index contributed by atoms with van der Waals surface area (Å²) in [6.07, 6.45) is 2.31. The number of aliphatic hydroxyl groups is 1. The van der Waals surface area contributed by atoms with Crippen LogP contribution >= 0.6 is 0 Å². The van der Waals surface area contributed by atoms with Crippen LogP contribution in [0.4, 0.5) is 5.82 Å². The van der Waals surface area contributed by atoms with Gasteiger partial charge in [-0.2, -0.15) is 14.6 Å². The molecule has 1 atom stereocenters. The highest BCUT2D eigenvalue weighted by Crippen LogP contribution is 2.12. The number of aliphatic hydroxyl groups excluding tert-OH is 1. The third-order valence-corrected chi connectivity index (χ3v) is 2.45. The number of aryl methyl sites for hydroxylation is 1. The highest BCUT2D eigenvalue weighted by molar-refractivity contribution is 5.45. The van der Waals surface area contributed by atoms with Crippen LogP contribution in [0.15, 0.2) is 12.4 Å². The molecule has 6 heteroatoms. The summed E-state index contributed by atoms with van der Waals surface area (Å²) in [5.41, 5.74) is 0.871. The van der Waals surface area contributed by atoms with Crippen molar-refractivity contribution in [2.24, 2.45) is 0 Å². The average Bonchev–Trinajstić information content (AvgIpc) is 2.73. The first-order valence-electron chi connectivity index (χ1n) is 5.29. The smallest absolute Gasteiger partial charge is 0.254 e. The third kappa shape index (κ3) is 1.96. The van der Waals surface area contributed by atoms with Gasteiger partial charge in [0.15, 0.2) is 0 Å². The van der Waals surface area contributed by atoms with Crippen molar-refractivity contribution in [3.05, 3.63) is 18.1 Å². The van der Waals surface area contributed by atoms with E-state index in [0.29, 0.717) is 5.78 Å². The van der Waals surface area contributed by atoms with Crippen LogP contribution in [-0.4, -0.2) is 37.3 Å². The topological polar surface area (TPSA) is 75.3 Å². The summed E-state index contributed by atoms with van der Waals surface area (Å²) in [5.74, 6) is 1.37. The van der Waals surface area contributed by atoms with E-state index in [4.69, 9.17) is 5.11 Å². The van der Waals surface area contributed by atoms with Crippen LogP contribution < -0.4 is 5.32 Å². The summed E-state index contributed by atoms with van der Waals surface area (Å²) in [5, 5.41) is 16.5. The Morgan fingerprint density at radius 3 is 3.06 bits per heavy atom. The quantitative estimate of drug-likeness (QED) is 0.791. The number of hydrogen-bond donors (Lipinski definition) is 2. The maximum atomic E-state index is 9.16. The second kappa shape index (κ2) is 4.44. The van der Waals surface area contributed by atoms with E-state index in [9.17, 15) is 0 Å². The van der Waals surface area contributed by atoms with Gasteiger partial charge in [-0.15, -0.1) is 0 Å². The first kappa shape index (κ1) is 10.8. The van der Waals surface area contributed by atoms with E-state index in [1.165, 1.54) is 6.33 Å². The van der Waals surface area contributed by atoms with Crippen molar-refractivity contribution < 1.29 is 5.11 Å². The lowest BCUT2D eigenvalue weighted by atomic mass is 10.2. The Hall–Kier alpha value is -1.69. The van der Waals surface area contributed by atoms with Crippen molar-refractivity contribution in [2.75, 3.05) is 11.9 Å². The molecule has 0 bridgehead atoms. The van der Waals surface area contributed by atoms with Crippen LogP contribution in [0.1, 0.15) is 19.0 Å². The highest BCUT2D eigenvalue weighted by atomic mass is 16.3. The molecule has 16 heavy (non-hydrogen) atoms. The summed E-state index contributed by atoms with van der Waals surface area (Å²) in [6, 6.07) is 1.91. The lowest BCUT2D eigenvalue weighted by molar-refractivity contribution is 0.271. The second-order valence-corrected chi connectivity index (χ2v) is 3.69. The number of rotatable bonds is 4. The molecule has 0 saturated heterocycles. The maximum absolute atomic E-state index is 9.16. The Morgan fingerprint density at radius 1 is 1.56 bits per heavy atom. The Kier molecular flexibility index (Phi) is 3.00. The number of fused-ring (bicyclic) bond motifs is 1. The fourth-order valence-electron chi connectivity index (χ4n) is 1.52. The largest absolute Gasteiger partial charge is 0.394 e. The Bertz CT molecular complexity index is 477. The van der Waals surface area contributed by atoms with Gasteiger partial charge in [0, 0.05) is 11.8 Å². The van der Waals surface area contributed by atoms with E-state index in [-0.39, 0.29) is 12.6 Å². The molecule has 0 radical (unpaired) electrons. The van der Waals surface area contributed by atoms with Crippen molar-refractivity contribution in [1.29, 1.82) is 0 Å². The molecule has 0 aliphatic rings. The molecule has 2 aromatic rings. The molecule has 0 unspecified atom stereocenters. The van der Waals surface area contributed by atoms with Crippen LogP contribution in [-0.2, 0) is 0 Å². The zero-order valence-corrected chi connectivity index (χ0v) is 9.38. The molecule has 0 aliphatic heterocycles. The number of nitrogens with zero attached hydrogens (tertiary/aromatic N) is 4. The molecule has 0 aromatic carbocycles. The maximum Gasteiger partial charge on any atom is 0.254 e. The van der Waals surface area contributed by atoms with Crippen LogP contribution in [0.2, 0.25) is 0 Å². The van der Waals surface area contributed by atoms with Gasteiger partial charge in [0.1, 0.15) is 12.1 Å². The summed E-state index contributed by atoms with van der Waals surface area (Å²) in [4.78, 5) is 8.28. The van der Waals surface area contributed by atoms with Gasteiger partial charge in [-0.25, -0.2) is 4.98 Å². The number of aromatic nitrogens is 4. The molecule has 0 spiro atoms. The van der Waals surface area contributed by atoms with Gasteiger partial charge in [0.05, 0.1) is 12.6 Å². The molecule has 2 rings (SSSR count). The van der Waals surface area contributed by atoms with Gasteiger partial charge in [-0.05, 0) is 13.3 Å². The molecule has 6 nitrogen and oxygen atoms in total. The standard InChI is InChI=1S/C10H15N5O/c1-3-8(5-16)14-9-4-7(2)13-10-11-6-12-15(9)10/h4,6,8,14,16H,3,5H2,1-2H3/t8-/m0/s1. The Morgan fingerprint density at radius 2 is 2.38 bits per heavy atom. The van der Waals surface area contributed by atoms with Gasteiger partial charge >= 0.3 is 0 Å². The van der Waals surface area contributed by atoms with E-state index < -0.39 is 0 Å². The van der Waals surface area contributed by atoms with Gasteiger partial charge in [-0.1, -0.05) is 6.92 Å². The molecule has 0 aliphatic carbocycles. The van der Waals surface area contributed by atoms with Gasteiger partial charge in [-0.3, -0.25) is 0 Å². The molecule has 2 heterocycles. The zero-order chi connectivity index (χ0) is 11.5. The minimum atomic E-state index is 0.0224. The van der Waals surface area contributed by atoms with E-state index in [1.54, 1.807) is 4.52 Å². The fourth-order valence-corrected chi connectivity index (χ4v) is 1.52. The normalized spacial score (nSPS) is 12.9. The number of hydrogen-bond acceptors (Lipinski definition) is 5. The molecule has 0 saturated carbocycles. The second-order valence-electron chi connectivity index (χ2n) is 3.69. The lowest BCUT2D eigenvalue weighted by Crippen LogP contribution is -2.24. The van der Waals surface area contributed by atoms with Crippen LogP contribution in [0.5, 0.6) is 0 Å². The van der Waals surface area contributed by atoms with E-state index in [0.717, 1.165) is 17.9 Å². The summed E-state index contributed by atoms with van der Waals surface area (Å²) in [7, 11) is 0. The fraction of sp³-hybridized carbons (Fsp3) is 0.500. The highest BCUT2D eigenvalue weighted by Gasteiger charge is 2.09. The summed E-state index contributed by atoms with van der Waals surface area (Å²) in [6.45, 7) is 4.01. The molecular formula is C10H15N5O. The van der Waals surface area contributed by atoms with E-state index in [2.05, 4.69) is 20.4 Å². The molecule has 86 valence electrons. The van der Waals surface area contributed by atoms with Gasteiger partial charge < -0.3 is 10.4 Å². The SMILES string of the molecule is CC[C@@H](CO)Nc1cc(C)nc2ncnn12. The number of nitrogens with one attached hydrogen (secondary N) is 1. The van der Waals surface area contributed by atoms with E-state index >= 15 is 0 Å². The van der Waals surface area contributed by atoms with Crippen molar-refractivity contribution >= 4 is 11.6 Å². The molecule has 0 fully saturated rings. The van der Waals surface area contributed by atoms with Crippen LogP contribution in [0.25, 0.3) is 5.78 Å². The minimum Gasteiger partial charge on any atom is -0.394 e. The van der Waals surface area contributed by atoms with Crippen molar-refractivity contribution in [3.8, 4) is 0 Å². The van der Waals surface area contributed by atoms with Gasteiger partial charge in [0.25, 0.3) is 5.78 Å². The molecule has 0 amide bonds. The summed E-state index contributed by atoms with van der Waals surface area (Å²) < 4.78 is 1.63. The monoisotopic (exact) mass is 221 g/mol. The molecular weight excluding hydrogens is 206 g/mol. The average molecular weight is 221 g/mol. The Balaban J connectivity index is 2.38. The Labute approximate surface area is 93.3 Å². The predicted molar refractivity (Wildman–Crippen MR) is 60.3 cm³/mol. The first-order valence-corrected chi connectivity index (χ1v) is 5.29. The predicted octanol–water partition coefficient (Wildman–Crippen LogP) is 0.616. The van der Waals surface area contributed by atoms with E-state index in [1.807, 2.05) is 19.9 Å². The zero-order valence-electron chi connectivity index (χ0n) is 9.38. The number of anilines is 1. The molecule has 2 N–H and O–H groups in total. The van der Waals surface area contributed by atoms with Crippen LogP contribution in [0, 0.1) is 6.92 Å². The first-order chi connectivity index (χ1) is 7.74. The molecule has 2 aromatic heterocycles. The minimum absolute atomic E-state index is 0.0224. The lowest BCUT2D eigenvalue weighted by Gasteiger charge is -2.16. The van der Waals surface area contributed by atoms with Gasteiger partial charge in [0.2, 0.25) is 0 Å². The van der Waals surface area contributed by atoms with Crippen molar-refractivity contribution in [1.82, 2.24) is 19.6 Å². The third-order valence-electron chi connectivity index (χ3n) is 2.45. The van der Waals surface area contributed by atoms with Crippen molar-refractivity contribution in [2.45, 2.75) is 26.3 Å².